The molecular formula is C5H13B. The van der Waals surface area contributed by atoms with Crippen molar-refractivity contribution in [2.24, 2.45) is 0 Å². The highest BCUT2D eigenvalue weighted by Crippen LogP contribution is 2.21. The Kier molecular flexibility index (Phi) is 1.69. The summed E-state index contributed by atoms with van der Waals surface area (Å²) >= 11 is 0. The van der Waals surface area contributed by atoms with E-state index >= 15 is 0 Å². The first-order valence-electron chi connectivity index (χ1n) is 2.56. The fraction of sp³-hybridized carbons (Fsp3) is 1.00. The summed E-state index contributed by atoms with van der Waals surface area (Å²) in [6.07, 6.45) is 1.27. The molecule has 0 aliphatic rings. The zero-order chi connectivity index (χ0) is 5.21. The average Bonchev–Trinajstić information content (AvgIpc) is 1.35. The molecule has 0 rings (SSSR count). The van der Waals surface area contributed by atoms with Crippen molar-refractivity contribution in [3.05, 3.63) is 0 Å². The zero-order valence-electron chi connectivity index (χ0n) is 5.21. The van der Waals surface area contributed by atoms with E-state index in [4.69, 9.17) is 0 Å². The molecule has 0 unspecified atom stereocenters. The van der Waals surface area contributed by atoms with Crippen LogP contribution in [0.4, 0.5) is 0 Å². The molecule has 0 fully saturated rings. The van der Waals surface area contributed by atoms with Gasteiger partial charge in [-0.2, -0.15) is 0 Å². The maximum absolute atomic E-state index is 2.24. The van der Waals surface area contributed by atoms with E-state index in [2.05, 4.69) is 28.6 Å². The Hall–Kier alpha value is 0.0649. The van der Waals surface area contributed by atoms with Crippen LogP contribution >= 0.6 is 0 Å². The lowest BCUT2D eigenvalue weighted by Crippen LogP contribution is -1.97. The third-order valence-corrected chi connectivity index (χ3v) is 1.06. The van der Waals surface area contributed by atoms with Gasteiger partial charge in [0.25, 0.3) is 0 Å². The van der Waals surface area contributed by atoms with Gasteiger partial charge in [0.15, 0.2) is 0 Å². The van der Waals surface area contributed by atoms with Crippen LogP contribution in [0.1, 0.15) is 27.2 Å². The SMILES string of the molecule is BC(C)(C)CC. The molecule has 0 N–H and O–H groups in total. The fourth-order valence-electron chi connectivity index (χ4n) is 0. The van der Waals surface area contributed by atoms with Crippen molar-refractivity contribution in [1.82, 2.24) is 0 Å². The smallest absolute Gasteiger partial charge is 0.0672 e. The highest BCUT2D eigenvalue weighted by Gasteiger charge is 2.03. The van der Waals surface area contributed by atoms with E-state index in [1.807, 2.05) is 0 Å². The fourth-order valence-corrected chi connectivity index (χ4v) is 0. The molecule has 6 heavy (non-hydrogen) atoms. The molecule has 0 radical (unpaired) electrons. The van der Waals surface area contributed by atoms with Gasteiger partial charge in [0.05, 0.1) is 0 Å². The normalized spacial score (nSPS) is 11.8. The van der Waals surface area contributed by atoms with E-state index in [-0.39, 0.29) is 0 Å². The Labute approximate surface area is 41.4 Å². The van der Waals surface area contributed by atoms with Crippen LogP contribution in [0, 0.1) is 0 Å². The predicted molar refractivity (Wildman–Crippen MR) is 32.9 cm³/mol. The molecule has 0 amide bonds. The second kappa shape index (κ2) is 1.68. The standard InChI is InChI=1S/C5H13B/c1-4-5(2,3)6/h4,6H2,1-3H3. The lowest BCUT2D eigenvalue weighted by atomic mass is 9.71. The molecule has 0 bridgehead atoms. The average molecular weight is 84.0 g/mol. The van der Waals surface area contributed by atoms with Crippen LogP contribution in [0.15, 0.2) is 0 Å². The topological polar surface area (TPSA) is 0 Å². The second-order valence-corrected chi connectivity index (χ2v) is 2.91. The van der Waals surface area contributed by atoms with Crippen molar-refractivity contribution in [2.75, 3.05) is 0 Å². The lowest BCUT2D eigenvalue weighted by molar-refractivity contribution is 0.654. The van der Waals surface area contributed by atoms with Crippen LogP contribution in [0.3, 0.4) is 0 Å². The first kappa shape index (κ1) is 6.06. The van der Waals surface area contributed by atoms with E-state index in [9.17, 15) is 0 Å². The zero-order valence-corrected chi connectivity index (χ0v) is 5.21. The lowest BCUT2D eigenvalue weighted by Gasteiger charge is -2.12. The van der Waals surface area contributed by atoms with Gasteiger partial charge in [0.1, 0.15) is 7.85 Å². The van der Waals surface area contributed by atoms with Gasteiger partial charge in [-0.1, -0.05) is 32.5 Å². The van der Waals surface area contributed by atoms with Gasteiger partial charge in [0, 0.05) is 0 Å². The molecule has 0 aromatic carbocycles. The van der Waals surface area contributed by atoms with Crippen LogP contribution in [-0.2, 0) is 0 Å². The largest absolute Gasteiger partial charge is 0.108 e. The Balaban J connectivity index is 3.17. The van der Waals surface area contributed by atoms with Crippen molar-refractivity contribution in [2.45, 2.75) is 32.5 Å². The van der Waals surface area contributed by atoms with Crippen molar-refractivity contribution >= 4 is 7.85 Å². The Bertz CT molecular complexity index is 33.7. The summed E-state index contributed by atoms with van der Waals surface area (Å²) in [5.41, 5.74) is 0. The number of rotatable bonds is 1. The molecule has 0 saturated carbocycles. The number of hydrogen-bond acceptors (Lipinski definition) is 0. The Morgan fingerprint density at radius 3 is 1.67 bits per heavy atom. The van der Waals surface area contributed by atoms with E-state index in [1.165, 1.54) is 6.42 Å². The van der Waals surface area contributed by atoms with Crippen LogP contribution in [-0.4, -0.2) is 7.85 Å². The molecule has 0 aromatic heterocycles. The first-order valence-corrected chi connectivity index (χ1v) is 2.56. The molecule has 36 valence electrons. The molecule has 0 spiro atoms. The molecule has 0 heterocycles. The van der Waals surface area contributed by atoms with E-state index in [1.54, 1.807) is 0 Å². The van der Waals surface area contributed by atoms with Crippen molar-refractivity contribution in [3.8, 4) is 0 Å². The molecule has 1 heteroatoms. The first-order chi connectivity index (χ1) is 2.56. The van der Waals surface area contributed by atoms with Gasteiger partial charge in [-0.25, -0.2) is 0 Å². The number of hydrogen-bond donors (Lipinski definition) is 0. The quantitative estimate of drug-likeness (QED) is 0.419. The van der Waals surface area contributed by atoms with E-state index in [0.29, 0.717) is 5.31 Å². The van der Waals surface area contributed by atoms with Gasteiger partial charge in [-0.3, -0.25) is 0 Å². The van der Waals surface area contributed by atoms with Crippen molar-refractivity contribution < 1.29 is 0 Å². The molecule has 0 aromatic rings. The van der Waals surface area contributed by atoms with Crippen molar-refractivity contribution in [1.29, 1.82) is 0 Å². The van der Waals surface area contributed by atoms with Crippen LogP contribution < -0.4 is 0 Å². The van der Waals surface area contributed by atoms with Crippen LogP contribution in [0.25, 0.3) is 0 Å². The highest BCUT2D eigenvalue weighted by atomic mass is 14.0. The molecule has 0 aliphatic heterocycles. The minimum Gasteiger partial charge on any atom is -0.0672 e. The maximum atomic E-state index is 2.24. The summed E-state index contributed by atoms with van der Waals surface area (Å²) in [6, 6.07) is 0. The summed E-state index contributed by atoms with van der Waals surface area (Å²) in [7, 11) is 2.24. The summed E-state index contributed by atoms with van der Waals surface area (Å²) in [6.45, 7) is 6.69. The van der Waals surface area contributed by atoms with Gasteiger partial charge < -0.3 is 0 Å². The van der Waals surface area contributed by atoms with Gasteiger partial charge in [-0.15, -0.1) is 0 Å². The summed E-state index contributed by atoms with van der Waals surface area (Å²) in [5.74, 6) is 0. The van der Waals surface area contributed by atoms with Crippen molar-refractivity contribution in [3.63, 3.8) is 0 Å². The molecular weight excluding hydrogens is 70.9 g/mol. The second-order valence-electron chi connectivity index (χ2n) is 2.91. The third-order valence-electron chi connectivity index (χ3n) is 1.06. The minimum atomic E-state index is 0.542. The predicted octanol–water partition coefficient (Wildman–Crippen LogP) is 1.23. The van der Waals surface area contributed by atoms with E-state index < -0.39 is 0 Å². The highest BCUT2D eigenvalue weighted by molar-refractivity contribution is 6.14. The minimum absolute atomic E-state index is 0.542. The molecule has 0 atom stereocenters. The Morgan fingerprint density at radius 1 is 1.50 bits per heavy atom. The summed E-state index contributed by atoms with van der Waals surface area (Å²) in [4.78, 5) is 0. The van der Waals surface area contributed by atoms with Crippen LogP contribution in [0.5, 0.6) is 0 Å². The summed E-state index contributed by atoms with van der Waals surface area (Å²) in [5, 5.41) is 0.542. The maximum Gasteiger partial charge on any atom is 0.108 e. The van der Waals surface area contributed by atoms with Gasteiger partial charge in [0.2, 0.25) is 0 Å². The molecule has 0 saturated heterocycles. The Morgan fingerprint density at radius 2 is 1.67 bits per heavy atom. The van der Waals surface area contributed by atoms with Gasteiger partial charge >= 0.3 is 0 Å². The van der Waals surface area contributed by atoms with Crippen LogP contribution in [0.2, 0.25) is 5.31 Å². The monoisotopic (exact) mass is 84.1 g/mol. The summed E-state index contributed by atoms with van der Waals surface area (Å²) < 4.78 is 0. The van der Waals surface area contributed by atoms with E-state index in [0.717, 1.165) is 0 Å². The third kappa shape index (κ3) is 4.06. The van der Waals surface area contributed by atoms with Gasteiger partial charge in [-0.05, 0) is 0 Å². The molecule has 0 nitrogen and oxygen atoms in total. The molecule has 0 aliphatic carbocycles.